The van der Waals surface area contributed by atoms with Crippen LogP contribution in [0, 0.1) is 0 Å². The van der Waals surface area contributed by atoms with Gasteiger partial charge in [-0.2, -0.15) is 0 Å². The van der Waals surface area contributed by atoms with E-state index >= 15 is 0 Å². The summed E-state index contributed by atoms with van der Waals surface area (Å²) in [6.07, 6.45) is 0. The van der Waals surface area contributed by atoms with E-state index in [1.54, 1.807) is 0 Å². The number of hydrogen-bond donors (Lipinski definition) is 0. The van der Waals surface area contributed by atoms with Gasteiger partial charge in [0.25, 0.3) is 0 Å². The van der Waals surface area contributed by atoms with Crippen LogP contribution < -0.4 is 4.90 Å². The number of benzene rings is 6. The smallest absolute Gasteiger partial charge is 0.159 e. The Labute approximate surface area is 232 Å². The first-order valence-corrected chi connectivity index (χ1v) is 13.3. The molecule has 0 radical (unpaired) electrons. The van der Waals surface area contributed by atoms with Crippen LogP contribution in [0.15, 0.2) is 150 Å². The third-order valence-electron chi connectivity index (χ3n) is 7.10. The molecular weight excluding hydrogens is 498 g/mol. The van der Waals surface area contributed by atoms with Crippen LogP contribution >= 0.6 is 11.6 Å². The van der Waals surface area contributed by atoms with Crippen LogP contribution in [-0.4, -0.2) is 0 Å². The maximum absolute atomic E-state index is 6.76. The molecule has 0 unspecified atom stereocenters. The van der Waals surface area contributed by atoms with Gasteiger partial charge in [-0.1, -0.05) is 109 Å². The standard InChI is InChI=1S/C36H24ClNO/c37-32-20-11-21-34-35(32)31-23-28(26-14-6-2-7-15-26)24-33(36(31)39-34)38(29-17-8-3-9-18-29)30-19-10-16-27(22-30)25-12-4-1-5-13-25/h1-24H. The Bertz CT molecular complexity index is 1910. The SMILES string of the molecule is Clc1cccc2oc3c(N(c4ccccc4)c4cccc(-c5ccccc5)c4)cc(-c4ccccc4)cc3c12. The Balaban J connectivity index is 1.55. The van der Waals surface area contributed by atoms with Gasteiger partial charge in [0.15, 0.2) is 5.58 Å². The van der Waals surface area contributed by atoms with Crippen molar-refractivity contribution in [1.82, 2.24) is 0 Å². The van der Waals surface area contributed by atoms with Crippen LogP contribution in [0.1, 0.15) is 0 Å². The van der Waals surface area contributed by atoms with E-state index in [0.717, 1.165) is 55.7 Å². The van der Waals surface area contributed by atoms with Gasteiger partial charge in [0.1, 0.15) is 5.58 Å². The van der Waals surface area contributed by atoms with Crippen LogP contribution in [0.3, 0.4) is 0 Å². The molecule has 2 nitrogen and oxygen atoms in total. The second kappa shape index (κ2) is 9.83. The second-order valence-electron chi connectivity index (χ2n) is 9.54. The molecule has 1 heterocycles. The van der Waals surface area contributed by atoms with Gasteiger partial charge in [-0.25, -0.2) is 0 Å². The van der Waals surface area contributed by atoms with Gasteiger partial charge < -0.3 is 9.32 Å². The molecule has 3 heteroatoms. The van der Waals surface area contributed by atoms with Gasteiger partial charge in [0.05, 0.1) is 10.7 Å². The van der Waals surface area contributed by atoms with E-state index < -0.39 is 0 Å². The van der Waals surface area contributed by atoms with Crippen molar-refractivity contribution in [3.63, 3.8) is 0 Å². The number of nitrogens with zero attached hydrogens (tertiary/aromatic N) is 1. The van der Waals surface area contributed by atoms with E-state index in [9.17, 15) is 0 Å². The molecule has 0 saturated heterocycles. The average molecular weight is 522 g/mol. The fourth-order valence-electron chi connectivity index (χ4n) is 5.29. The van der Waals surface area contributed by atoms with Gasteiger partial charge in [0.2, 0.25) is 0 Å². The van der Waals surface area contributed by atoms with Gasteiger partial charge in [0, 0.05) is 22.1 Å². The first-order valence-electron chi connectivity index (χ1n) is 13.0. The monoisotopic (exact) mass is 521 g/mol. The first-order chi connectivity index (χ1) is 19.3. The summed E-state index contributed by atoms with van der Waals surface area (Å²) in [6, 6.07) is 50.2. The highest BCUT2D eigenvalue weighted by Crippen LogP contribution is 2.46. The van der Waals surface area contributed by atoms with Crippen LogP contribution in [-0.2, 0) is 0 Å². The van der Waals surface area contributed by atoms with Crippen LogP contribution in [0.5, 0.6) is 0 Å². The largest absolute Gasteiger partial charge is 0.454 e. The Morgan fingerprint density at radius 3 is 1.79 bits per heavy atom. The van der Waals surface area contributed by atoms with Crippen molar-refractivity contribution < 1.29 is 4.42 Å². The van der Waals surface area contributed by atoms with E-state index in [4.69, 9.17) is 16.0 Å². The summed E-state index contributed by atoms with van der Waals surface area (Å²) in [4.78, 5) is 2.28. The molecule has 0 amide bonds. The molecule has 7 aromatic rings. The summed E-state index contributed by atoms with van der Waals surface area (Å²) >= 11 is 6.76. The minimum Gasteiger partial charge on any atom is -0.454 e. The third kappa shape index (κ3) is 4.25. The van der Waals surface area contributed by atoms with Crippen molar-refractivity contribution in [2.45, 2.75) is 0 Å². The van der Waals surface area contributed by atoms with Crippen LogP contribution in [0.2, 0.25) is 5.02 Å². The number of furan rings is 1. The van der Waals surface area contributed by atoms with E-state index in [-0.39, 0.29) is 0 Å². The van der Waals surface area contributed by atoms with Gasteiger partial charge in [-0.05, 0) is 70.8 Å². The molecule has 0 N–H and O–H groups in total. The lowest BCUT2D eigenvalue weighted by Gasteiger charge is -2.26. The fourth-order valence-corrected chi connectivity index (χ4v) is 5.56. The molecule has 0 spiro atoms. The second-order valence-corrected chi connectivity index (χ2v) is 9.95. The van der Waals surface area contributed by atoms with Gasteiger partial charge >= 0.3 is 0 Å². The van der Waals surface area contributed by atoms with E-state index in [1.807, 2.05) is 36.4 Å². The summed E-state index contributed by atoms with van der Waals surface area (Å²) in [7, 11) is 0. The lowest BCUT2D eigenvalue weighted by molar-refractivity contribution is 0.669. The van der Waals surface area contributed by atoms with Crippen LogP contribution in [0.25, 0.3) is 44.2 Å². The predicted molar refractivity (Wildman–Crippen MR) is 164 cm³/mol. The van der Waals surface area contributed by atoms with E-state index in [1.165, 1.54) is 5.56 Å². The molecule has 1 aromatic heterocycles. The molecule has 0 saturated carbocycles. The highest BCUT2D eigenvalue weighted by atomic mass is 35.5. The van der Waals surface area contributed by atoms with Crippen molar-refractivity contribution in [2.24, 2.45) is 0 Å². The summed E-state index contributed by atoms with van der Waals surface area (Å²) in [6.45, 7) is 0. The molecule has 0 aliphatic rings. The number of para-hydroxylation sites is 1. The molecule has 0 aliphatic carbocycles. The zero-order valence-electron chi connectivity index (χ0n) is 21.1. The normalized spacial score (nSPS) is 11.2. The lowest BCUT2D eigenvalue weighted by Crippen LogP contribution is -2.10. The Morgan fingerprint density at radius 1 is 0.487 bits per heavy atom. The first kappa shape index (κ1) is 23.3. The lowest BCUT2D eigenvalue weighted by atomic mass is 10.00. The summed E-state index contributed by atoms with van der Waals surface area (Å²) in [5, 5.41) is 2.60. The van der Waals surface area contributed by atoms with Crippen molar-refractivity contribution in [3.05, 3.63) is 151 Å². The number of hydrogen-bond acceptors (Lipinski definition) is 2. The number of fused-ring (bicyclic) bond motifs is 3. The molecule has 7 rings (SSSR count). The molecule has 0 aliphatic heterocycles. The highest BCUT2D eigenvalue weighted by Gasteiger charge is 2.22. The number of halogens is 1. The summed E-state index contributed by atoms with van der Waals surface area (Å²) < 4.78 is 6.57. The summed E-state index contributed by atoms with van der Waals surface area (Å²) in [5.74, 6) is 0. The number of rotatable bonds is 5. The highest BCUT2D eigenvalue weighted by molar-refractivity contribution is 6.38. The van der Waals surface area contributed by atoms with Crippen molar-refractivity contribution in [2.75, 3.05) is 4.90 Å². The molecule has 0 bridgehead atoms. The topological polar surface area (TPSA) is 16.4 Å². The zero-order chi connectivity index (χ0) is 26.2. The van der Waals surface area contributed by atoms with E-state index in [2.05, 4.69) is 114 Å². The quantitative estimate of drug-likeness (QED) is 0.224. The summed E-state index contributed by atoms with van der Waals surface area (Å²) in [5.41, 5.74) is 9.16. The van der Waals surface area contributed by atoms with Gasteiger partial charge in [-0.15, -0.1) is 0 Å². The molecule has 39 heavy (non-hydrogen) atoms. The zero-order valence-corrected chi connectivity index (χ0v) is 21.8. The van der Waals surface area contributed by atoms with Crippen molar-refractivity contribution >= 4 is 50.6 Å². The van der Waals surface area contributed by atoms with Crippen LogP contribution in [0.4, 0.5) is 17.1 Å². The maximum atomic E-state index is 6.76. The third-order valence-corrected chi connectivity index (χ3v) is 7.41. The predicted octanol–water partition coefficient (Wildman–Crippen LogP) is 11.0. The van der Waals surface area contributed by atoms with Gasteiger partial charge in [-0.3, -0.25) is 0 Å². The molecule has 6 aromatic carbocycles. The maximum Gasteiger partial charge on any atom is 0.159 e. The number of anilines is 3. The fraction of sp³-hybridized carbons (Fsp3) is 0. The van der Waals surface area contributed by atoms with E-state index in [0.29, 0.717) is 5.02 Å². The Morgan fingerprint density at radius 2 is 1.08 bits per heavy atom. The Kier molecular flexibility index (Phi) is 5.88. The molecular formula is C36H24ClNO. The van der Waals surface area contributed by atoms with Crippen molar-refractivity contribution in [1.29, 1.82) is 0 Å². The van der Waals surface area contributed by atoms with Crippen molar-refractivity contribution in [3.8, 4) is 22.3 Å². The minimum absolute atomic E-state index is 0.680. The minimum atomic E-state index is 0.680. The molecule has 0 fully saturated rings. The molecule has 0 atom stereocenters. The average Bonchev–Trinajstić information content (AvgIpc) is 3.39. The Hall–Kier alpha value is -4.79. The molecule has 186 valence electrons.